The number of carbonyl (C=O) groups is 1. The first-order valence-electron chi connectivity index (χ1n) is 4.86. The highest BCUT2D eigenvalue weighted by molar-refractivity contribution is 5.87. The minimum atomic E-state index is -0.256. The molecule has 1 saturated heterocycles. The van der Waals surface area contributed by atoms with Crippen LogP contribution < -0.4 is 0 Å². The van der Waals surface area contributed by atoms with Gasteiger partial charge >= 0.3 is 0 Å². The molecule has 1 fully saturated rings. The van der Waals surface area contributed by atoms with Crippen LogP contribution >= 0.6 is 0 Å². The van der Waals surface area contributed by atoms with Gasteiger partial charge in [0.2, 0.25) is 5.91 Å². The maximum Gasteiger partial charge on any atom is 0.246 e. The fraction of sp³-hybridized carbons (Fsp3) is 0.727. The van der Waals surface area contributed by atoms with Gasteiger partial charge in [0.05, 0.1) is 24.3 Å². The summed E-state index contributed by atoms with van der Waals surface area (Å²) < 4.78 is 5.68. The third-order valence-corrected chi connectivity index (χ3v) is 2.53. The summed E-state index contributed by atoms with van der Waals surface area (Å²) in [7, 11) is 0. The Balaban J connectivity index is 2.87. The van der Waals surface area contributed by atoms with E-state index in [1.807, 2.05) is 32.6 Å². The van der Waals surface area contributed by atoms with Gasteiger partial charge in [-0.05, 0) is 33.8 Å². The molecule has 1 rings (SSSR count). The minimum absolute atomic E-state index is 0.0219. The van der Waals surface area contributed by atoms with E-state index in [-0.39, 0.29) is 17.0 Å². The number of ether oxygens (including phenoxy) is 1. The molecule has 3 heteroatoms. The van der Waals surface area contributed by atoms with Crippen LogP contribution in [0, 0.1) is 0 Å². The van der Waals surface area contributed by atoms with Crippen molar-refractivity contribution in [2.75, 3.05) is 13.2 Å². The molecule has 14 heavy (non-hydrogen) atoms. The van der Waals surface area contributed by atoms with Gasteiger partial charge in [-0.25, -0.2) is 0 Å². The van der Waals surface area contributed by atoms with Crippen molar-refractivity contribution in [2.45, 2.75) is 38.8 Å². The monoisotopic (exact) mass is 197 g/mol. The highest BCUT2D eigenvalue weighted by Crippen LogP contribution is 2.27. The molecule has 0 N–H and O–H groups in total. The lowest BCUT2D eigenvalue weighted by atomic mass is 9.96. The SMILES string of the molecule is C=CC(=O)N1CC(C)(C)OCC1(C)C. The summed E-state index contributed by atoms with van der Waals surface area (Å²) in [6.07, 6.45) is 1.36. The van der Waals surface area contributed by atoms with E-state index >= 15 is 0 Å². The van der Waals surface area contributed by atoms with E-state index in [0.29, 0.717) is 13.2 Å². The Morgan fingerprint density at radius 1 is 1.43 bits per heavy atom. The van der Waals surface area contributed by atoms with E-state index in [0.717, 1.165) is 0 Å². The Morgan fingerprint density at radius 3 is 2.50 bits per heavy atom. The fourth-order valence-corrected chi connectivity index (χ4v) is 1.58. The Morgan fingerprint density at radius 2 is 2.00 bits per heavy atom. The summed E-state index contributed by atoms with van der Waals surface area (Å²) in [5, 5.41) is 0. The summed E-state index contributed by atoms with van der Waals surface area (Å²) in [4.78, 5) is 13.4. The Bertz CT molecular complexity index is 256. The maximum absolute atomic E-state index is 11.6. The number of carbonyl (C=O) groups excluding carboxylic acids is 1. The van der Waals surface area contributed by atoms with E-state index in [1.165, 1.54) is 6.08 Å². The van der Waals surface area contributed by atoms with Crippen molar-refractivity contribution in [2.24, 2.45) is 0 Å². The summed E-state index contributed by atoms with van der Waals surface area (Å²) in [5.74, 6) is -0.0219. The van der Waals surface area contributed by atoms with Gasteiger partial charge in [-0.15, -0.1) is 0 Å². The van der Waals surface area contributed by atoms with E-state index in [9.17, 15) is 4.79 Å². The molecule has 0 atom stereocenters. The van der Waals surface area contributed by atoms with Gasteiger partial charge in [-0.2, -0.15) is 0 Å². The highest BCUT2D eigenvalue weighted by atomic mass is 16.5. The van der Waals surface area contributed by atoms with Gasteiger partial charge in [0, 0.05) is 0 Å². The van der Waals surface area contributed by atoms with Gasteiger partial charge in [0.1, 0.15) is 0 Å². The number of hydrogen-bond donors (Lipinski definition) is 0. The molecule has 1 aliphatic heterocycles. The molecule has 0 spiro atoms. The lowest BCUT2D eigenvalue weighted by molar-refractivity contribution is -0.164. The highest BCUT2D eigenvalue weighted by Gasteiger charge is 2.40. The Kier molecular flexibility index (Phi) is 2.72. The normalized spacial score (nSPS) is 24.4. The zero-order valence-corrected chi connectivity index (χ0v) is 9.46. The molecule has 0 unspecified atom stereocenters. The number of rotatable bonds is 1. The largest absolute Gasteiger partial charge is 0.371 e. The van der Waals surface area contributed by atoms with Crippen LogP contribution in [0.15, 0.2) is 12.7 Å². The second-order valence-electron chi connectivity index (χ2n) is 4.99. The van der Waals surface area contributed by atoms with Gasteiger partial charge in [-0.1, -0.05) is 6.58 Å². The van der Waals surface area contributed by atoms with Crippen LogP contribution in [0.3, 0.4) is 0 Å². The first-order valence-corrected chi connectivity index (χ1v) is 4.86. The zero-order valence-electron chi connectivity index (χ0n) is 9.46. The maximum atomic E-state index is 11.6. The Hall–Kier alpha value is -0.830. The van der Waals surface area contributed by atoms with Crippen molar-refractivity contribution in [3.63, 3.8) is 0 Å². The number of amides is 1. The van der Waals surface area contributed by atoms with Crippen LogP contribution in [0.5, 0.6) is 0 Å². The molecule has 3 nitrogen and oxygen atoms in total. The van der Waals surface area contributed by atoms with Gasteiger partial charge in [0.25, 0.3) is 0 Å². The minimum Gasteiger partial charge on any atom is -0.371 e. The zero-order chi connectivity index (χ0) is 11.0. The van der Waals surface area contributed by atoms with Crippen molar-refractivity contribution in [3.05, 3.63) is 12.7 Å². The van der Waals surface area contributed by atoms with E-state index in [1.54, 1.807) is 0 Å². The molecular weight excluding hydrogens is 178 g/mol. The molecule has 0 bridgehead atoms. The first kappa shape index (κ1) is 11.2. The van der Waals surface area contributed by atoms with Crippen molar-refractivity contribution in [3.8, 4) is 0 Å². The molecule has 0 aromatic carbocycles. The summed E-state index contributed by atoms with van der Waals surface area (Å²) in [5.41, 5.74) is -0.491. The van der Waals surface area contributed by atoms with Crippen molar-refractivity contribution in [1.29, 1.82) is 0 Å². The van der Waals surface area contributed by atoms with Crippen LogP contribution in [0.25, 0.3) is 0 Å². The molecule has 0 aromatic heterocycles. The average molecular weight is 197 g/mol. The third-order valence-electron chi connectivity index (χ3n) is 2.53. The van der Waals surface area contributed by atoms with Crippen molar-refractivity contribution < 1.29 is 9.53 Å². The second-order valence-corrected chi connectivity index (χ2v) is 4.99. The molecule has 0 aliphatic carbocycles. The van der Waals surface area contributed by atoms with E-state index < -0.39 is 0 Å². The van der Waals surface area contributed by atoms with Crippen molar-refractivity contribution in [1.82, 2.24) is 4.90 Å². The lowest BCUT2D eigenvalue weighted by Crippen LogP contribution is -2.61. The van der Waals surface area contributed by atoms with Crippen LogP contribution in [0.4, 0.5) is 0 Å². The van der Waals surface area contributed by atoms with Gasteiger partial charge in [0.15, 0.2) is 0 Å². The Labute approximate surface area is 85.7 Å². The lowest BCUT2D eigenvalue weighted by Gasteiger charge is -2.48. The van der Waals surface area contributed by atoms with Crippen LogP contribution in [-0.4, -0.2) is 35.1 Å². The second kappa shape index (κ2) is 3.39. The topological polar surface area (TPSA) is 29.5 Å². The predicted molar refractivity (Wildman–Crippen MR) is 56.0 cm³/mol. The molecule has 1 amide bonds. The molecule has 0 saturated carbocycles. The molecule has 1 heterocycles. The summed E-state index contributed by atoms with van der Waals surface area (Å²) >= 11 is 0. The van der Waals surface area contributed by atoms with E-state index in [2.05, 4.69) is 6.58 Å². The van der Waals surface area contributed by atoms with Gasteiger partial charge < -0.3 is 9.64 Å². The molecule has 80 valence electrons. The standard InChI is InChI=1S/C11H19NO2/c1-6-9(13)12-7-11(4,5)14-8-10(12,2)3/h6H,1,7-8H2,2-5H3. The van der Waals surface area contributed by atoms with Crippen LogP contribution in [0.1, 0.15) is 27.7 Å². The summed E-state index contributed by atoms with van der Waals surface area (Å²) in [6.45, 7) is 12.7. The summed E-state index contributed by atoms with van der Waals surface area (Å²) in [6, 6.07) is 0. The van der Waals surface area contributed by atoms with Crippen LogP contribution in [0.2, 0.25) is 0 Å². The van der Waals surface area contributed by atoms with Crippen LogP contribution in [-0.2, 0) is 9.53 Å². The number of morpholine rings is 1. The number of hydrogen-bond acceptors (Lipinski definition) is 2. The predicted octanol–water partition coefficient (Wildman–Crippen LogP) is 1.59. The first-order chi connectivity index (χ1) is 6.28. The molecule has 0 aromatic rings. The van der Waals surface area contributed by atoms with E-state index in [4.69, 9.17) is 4.74 Å². The number of nitrogens with zero attached hydrogens (tertiary/aromatic N) is 1. The van der Waals surface area contributed by atoms with Crippen molar-refractivity contribution >= 4 is 5.91 Å². The smallest absolute Gasteiger partial charge is 0.246 e. The molecule has 0 radical (unpaired) electrons. The quantitative estimate of drug-likeness (QED) is 0.597. The fourth-order valence-electron chi connectivity index (χ4n) is 1.58. The average Bonchev–Trinajstić information content (AvgIpc) is 2.09. The third kappa shape index (κ3) is 2.15. The molecular formula is C11H19NO2. The van der Waals surface area contributed by atoms with Gasteiger partial charge in [-0.3, -0.25) is 4.79 Å². The molecule has 1 aliphatic rings.